The molecule has 0 saturated heterocycles. The summed E-state index contributed by atoms with van der Waals surface area (Å²) in [6.07, 6.45) is 0. The molecule has 0 heterocycles. The third-order valence-corrected chi connectivity index (χ3v) is 2.68. The zero-order valence-corrected chi connectivity index (χ0v) is 11.0. The zero-order valence-electron chi connectivity index (χ0n) is 11.0. The van der Waals surface area contributed by atoms with Crippen molar-refractivity contribution in [3.63, 3.8) is 0 Å². The van der Waals surface area contributed by atoms with Gasteiger partial charge in [0.15, 0.2) is 0 Å². The quantitative estimate of drug-likeness (QED) is 0.784. The minimum atomic E-state index is -0.0683. The lowest BCUT2D eigenvalue weighted by molar-refractivity contribution is -0.114. The number of rotatable bonds is 4. The molecule has 98 valence electrons. The van der Waals surface area contributed by atoms with E-state index in [-0.39, 0.29) is 5.91 Å². The van der Waals surface area contributed by atoms with E-state index in [1.165, 1.54) is 6.92 Å². The Kier molecular flexibility index (Phi) is 4.03. The summed E-state index contributed by atoms with van der Waals surface area (Å²) in [5, 5.41) is 9.20. The highest BCUT2D eigenvalue weighted by Gasteiger charge is 2.00. The van der Waals surface area contributed by atoms with Crippen LogP contribution in [0.5, 0.6) is 0 Å². The molecule has 1 amide bonds. The summed E-state index contributed by atoms with van der Waals surface area (Å²) in [6, 6.07) is 15.6. The summed E-state index contributed by atoms with van der Waals surface area (Å²) in [7, 11) is 1.89. The number of nitrogens with one attached hydrogen (secondary N) is 3. The first-order chi connectivity index (χ1) is 9.19. The summed E-state index contributed by atoms with van der Waals surface area (Å²) in [6.45, 7) is 1.50. The number of anilines is 4. The third kappa shape index (κ3) is 3.48. The zero-order chi connectivity index (χ0) is 13.7. The highest BCUT2D eigenvalue weighted by molar-refractivity contribution is 5.89. The Morgan fingerprint density at radius 3 is 2.05 bits per heavy atom. The maximum absolute atomic E-state index is 10.9. The van der Waals surface area contributed by atoms with Crippen LogP contribution in [0.15, 0.2) is 48.5 Å². The van der Waals surface area contributed by atoms with Crippen molar-refractivity contribution in [3.05, 3.63) is 48.5 Å². The maximum atomic E-state index is 10.9. The molecule has 0 spiro atoms. The summed E-state index contributed by atoms with van der Waals surface area (Å²) < 4.78 is 0. The van der Waals surface area contributed by atoms with Crippen molar-refractivity contribution in [1.29, 1.82) is 0 Å². The molecule has 2 aromatic rings. The van der Waals surface area contributed by atoms with Crippen molar-refractivity contribution in [1.82, 2.24) is 0 Å². The van der Waals surface area contributed by atoms with Crippen molar-refractivity contribution >= 4 is 28.7 Å². The summed E-state index contributed by atoms with van der Waals surface area (Å²) >= 11 is 0. The van der Waals surface area contributed by atoms with Crippen LogP contribution in [0.3, 0.4) is 0 Å². The molecular formula is C15H17N3O. The van der Waals surface area contributed by atoms with Gasteiger partial charge in [-0.05, 0) is 36.4 Å². The molecule has 2 aromatic carbocycles. The van der Waals surface area contributed by atoms with E-state index in [1.54, 1.807) is 0 Å². The van der Waals surface area contributed by atoms with E-state index < -0.39 is 0 Å². The smallest absolute Gasteiger partial charge is 0.221 e. The standard InChI is InChI=1S/C15H17N3O/c1-11(19)17-12-7-9-13(10-8-12)18-15-6-4-3-5-14(15)16-2/h3-10,16,18H,1-2H3,(H,17,19). The fourth-order valence-electron chi connectivity index (χ4n) is 1.81. The van der Waals surface area contributed by atoms with Crippen LogP contribution in [0.25, 0.3) is 0 Å². The molecule has 4 nitrogen and oxygen atoms in total. The normalized spacial score (nSPS) is 9.79. The van der Waals surface area contributed by atoms with Crippen LogP contribution < -0.4 is 16.0 Å². The molecule has 2 rings (SSSR count). The first kappa shape index (κ1) is 13.0. The number of hydrogen-bond acceptors (Lipinski definition) is 3. The van der Waals surface area contributed by atoms with Gasteiger partial charge in [-0.2, -0.15) is 0 Å². The monoisotopic (exact) mass is 255 g/mol. The highest BCUT2D eigenvalue weighted by Crippen LogP contribution is 2.25. The molecule has 0 unspecified atom stereocenters. The van der Waals surface area contributed by atoms with E-state index in [9.17, 15) is 4.79 Å². The first-order valence-electron chi connectivity index (χ1n) is 6.10. The lowest BCUT2D eigenvalue weighted by Gasteiger charge is -2.12. The first-order valence-corrected chi connectivity index (χ1v) is 6.10. The van der Waals surface area contributed by atoms with Crippen molar-refractivity contribution < 1.29 is 4.79 Å². The molecular weight excluding hydrogens is 238 g/mol. The lowest BCUT2D eigenvalue weighted by Crippen LogP contribution is -2.05. The largest absolute Gasteiger partial charge is 0.386 e. The Balaban J connectivity index is 2.13. The Morgan fingerprint density at radius 1 is 0.895 bits per heavy atom. The molecule has 19 heavy (non-hydrogen) atoms. The number of hydrogen-bond donors (Lipinski definition) is 3. The minimum absolute atomic E-state index is 0.0683. The van der Waals surface area contributed by atoms with Gasteiger partial charge in [-0.15, -0.1) is 0 Å². The van der Waals surface area contributed by atoms with Gasteiger partial charge in [0, 0.05) is 25.3 Å². The lowest BCUT2D eigenvalue weighted by atomic mass is 10.2. The molecule has 0 aromatic heterocycles. The molecule has 0 radical (unpaired) electrons. The molecule has 0 aliphatic heterocycles. The van der Waals surface area contributed by atoms with E-state index in [0.29, 0.717) is 0 Å². The van der Waals surface area contributed by atoms with Gasteiger partial charge in [0.25, 0.3) is 0 Å². The van der Waals surface area contributed by atoms with Crippen molar-refractivity contribution in [2.24, 2.45) is 0 Å². The van der Waals surface area contributed by atoms with Gasteiger partial charge < -0.3 is 16.0 Å². The van der Waals surface area contributed by atoms with E-state index in [2.05, 4.69) is 16.0 Å². The number of carbonyl (C=O) groups excluding carboxylic acids is 1. The number of benzene rings is 2. The fraction of sp³-hybridized carbons (Fsp3) is 0.133. The topological polar surface area (TPSA) is 53.2 Å². The number of para-hydroxylation sites is 2. The molecule has 0 fully saturated rings. The molecule has 0 atom stereocenters. The average Bonchev–Trinajstić information content (AvgIpc) is 2.41. The van der Waals surface area contributed by atoms with Crippen molar-refractivity contribution in [2.45, 2.75) is 6.92 Å². The number of amides is 1. The van der Waals surface area contributed by atoms with Gasteiger partial charge in [-0.25, -0.2) is 0 Å². The minimum Gasteiger partial charge on any atom is -0.386 e. The van der Waals surface area contributed by atoms with Crippen LogP contribution in [0.2, 0.25) is 0 Å². The van der Waals surface area contributed by atoms with Gasteiger partial charge in [0.1, 0.15) is 0 Å². The number of carbonyl (C=O) groups is 1. The van der Waals surface area contributed by atoms with Crippen LogP contribution in [0.1, 0.15) is 6.92 Å². The van der Waals surface area contributed by atoms with Gasteiger partial charge in [0.2, 0.25) is 5.91 Å². The molecule has 0 saturated carbocycles. The average molecular weight is 255 g/mol. The SMILES string of the molecule is CNc1ccccc1Nc1ccc(NC(C)=O)cc1. The molecule has 0 bridgehead atoms. The Bertz CT molecular complexity index is 564. The molecule has 0 aliphatic carbocycles. The predicted molar refractivity (Wildman–Crippen MR) is 80.0 cm³/mol. The van der Waals surface area contributed by atoms with Crippen LogP contribution in [0, 0.1) is 0 Å². The van der Waals surface area contributed by atoms with Gasteiger partial charge in [0.05, 0.1) is 11.4 Å². The molecule has 4 heteroatoms. The Hall–Kier alpha value is -2.49. The van der Waals surface area contributed by atoms with Gasteiger partial charge in [-0.1, -0.05) is 12.1 Å². The second-order valence-corrected chi connectivity index (χ2v) is 4.18. The highest BCUT2D eigenvalue weighted by atomic mass is 16.1. The summed E-state index contributed by atoms with van der Waals surface area (Å²) in [4.78, 5) is 10.9. The van der Waals surface area contributed by atoms with E-state index in [4.69, 9.17) is 0 Å². The van der Waals surface area contributed by atoms with Crippen molar-refractivity contribution in [2.75, 3.05) is 23.0 Å². The van der Waals surface area contributed by atoms with Crippen LogP contribution >= 0.6 is 0 Å². The van der Waals surface area contributed by atoms with Gasteiger partial charge in [-0.3, -0.25) is 4.79 Å². The second kappa shape index (κ2) is 5.91. The second-order valence-electron chi connectivity index (χ2n) is 4.18. The maximum Gasteiger partial charge on any atom is 0.221 e. The third-order valence-electron chi connectivity index (χ3n) is 2.68. The van der Waals surface area contributed by atoms with Crippen molar-refractivity contribution in [3.8, 4) is 0 Å². The van der Waals surface area contributed by atoms with Crippen LogP contribution in [0.4, 0.5) is 22.7 Å². The van der Waals surface area contributed by atoms with Crippen LogP contribution in [-0.4, -0.2) is 13.0 Å². The predicted octanol–water partition coefficient (Wildman–Crippen LogP) is 3.43. The molecule has 3 N–H and O–H groups in total. The summed E-state index contributed by atoms with van der Waals surface area (Å²) in [5.41, 5.74) is 3.81. The van der Waals surface area contributed by atoms with Gasteiger partial charge >= 0.3 is 0 Å². The van der Waals surface area contributed by atoms with Crippen LogP contribution in [-0.2, 0) is 4.79 Å². The summed E-state index contributed by atoms with van der Waals surface area (Å²) in [5.74, 6) is -0.0683. The van der Waals surface area contributed by atoms with E-state index in [0.717, 1.165) is 22.7 Å². The fourth-order valence-corrected chi connectivity index (χ4v) is 1.81. The van der Waals surface area contributed by atoms with E-state index in [1.807, 2.05) is 55.6 Å². The molecule has 0 aliphatic rings. The Morgan fingerprint density at radius 2 is 1.47 bits per heavy atom. The van der Waals surface area contributed by atoms with E-state index >= 15 is 0 Å². The Labute approximate surface area is 112 Å².